The van der Waals surface area contributed by atoms with Crippen LogP contribution < -0.4 is 4.74 Å². The fourth-order valence-electron chi connectivity index (χ4n) is 6.67. The van der Waals surface area contributed by atoms with Crippen molar-refractivity contribution in [3.05, 3.63) is 35.4 Å². The predicted octanol–water partition coefficient (Wildman–Crippen LogP) is 2.97. The molecule has 2 saturated heterocycles. The smallest absolute Gasteiger partial charge is 0.508 e. The van der Waals surface area contributed by atoms with Crippen molar-refractivity contribution in [2.75, 3.05) is 13.1 Å². The molecule has 0 spiro atoms. The molecule has 1 aromatic carbocycles. The first-order valence-corrected chi connectivity index (χ1v) is 12.0. The molecule has 8 nitrogen and oxygen atoms in total. The number of aromatic hydroxyl groups is 1. The van der Waals surface area contributed by atoms with Crippen LogP contribution >= 0.6 is 0 Å². The molecule has 0 unspecified atom stereocenters. The molecular weight excluding hydrogens is 481 g/mol. The Morgan fingerprint density at radius 1 is 0.917 bits per heavy atom. The number of phenolic OH excluding ortho intramolecular Hbond substituents is 1. The molecule has 0 aromatic heterocycles. The van der Waals surface area contributed by atoms with Gasteiger partial charge in [0.1, 0.15) is 11.5 Å². The number of carbonyl (C=O) groups excluding carboxylic acids is 4. The Labute approximate surface area is 204 Å². The van der Waals surface area contributed by atoms with Crippen molar-refractivity contribution >= 4 is 23.6 Å². The number of amides is 4. The Morgan fingerprint density at radius 3 is 2.14 bits per heavy atom. The number of phenols is 1. The number of alkyl halides is 3. The van der Waals surface area contributed by atoms with Gasteiger partial charge >= 0.3 is 6.36 Å². The van der Waals surface area contributed by atoms with Gasteiger partial charge in [-0.25, -0.2) is 0 Å². The summed E-state index contributed by atoms with van der Waals surface area (Å²) in [6.07, 6.45) is -2.81. The van der Waals surface area contributed by atoms with Gasteiger partial charge in [0.25, 0.3) is 0 Å². The molecular formula is C25H25F3N2O6. The summed E-state index contributed by atoms with van der Waals surface area (Å²) in [5, 5.41) is 10.7. The lowest BCUT2D eigenvalue weighted by Crippen LogP contribution is -2.43. The number of halogens is 3. The van der Waals surface area contributed by atoms with Crippen LogP contribution in [0.4, 0.5) is 13.2 Å². The van der Waals surface area contributed by atoms with E-state index in [0.29, 0.717) is 5.57 Å². The van der Waals surface area contributed by atoms with Crippen molar-refractivity contribution in [1.82, 2.24) is 9.80 Å². The van der Waals surface area contributed by atoms with Crippen LogP contribution in [0.1, 0.15) is 38.2 Å². The highest BCUT2D eigenvalue weighted by Crippen LogP contribution is 2.59. The molecule has 0 radical (unpaired) electrons. The molecule has 1 N–H and O–H groups in total. The second-order valence-electron chi connectivity index (χ2n) is 9.63. The van der Waals surface area contributed by atoms with Crippen molar-refractivity contribution in [3.63, 3.8) is 0 Å². The molecule has 2 aliphatic heterocycles. The number of carbonyl (C=O) groups is 4. The number of benzene rings is 1. The minimum absolute atomic E-state index is 0.0179. The Balaban J connectivity index is 1.66. The highest BCUT2D eigenvalue weighted by molar-refractivity contribution is 6.08. The lowest BCUT2D eigenvalue weighted by molar-refractivity contribution is -0.274. The minimum atomic E-state index is -4.97. The first-order valence-electron chi connectivity index (χ1n) is 12.0. The number of imide groups is 2. The molecule has 11 heteroatoms. The molecule has 4 aliphatic rings. The maximum Gasteiger partial charge on any atom is 0.573 e. The first kappa shape index (κ1) is 24.3. The first-order chi connectivity index (χ1) is 17.0. The van der Waals surface area contributed by atoms with Gasteiger partial charge in [0.05, 0.1) is 23.7 Å². The van der Waals surface area contributed by atoms with E-state index in [-0.39, 0.29) is 49.1 Å². The Hall–Kier alpha value is -3.37. The monoisotopic (exact) mass is 506 g/mol. The van der Waals surface area contributed by atoms with Gasteiger partial charge in [0, 0.05) is 24.6 Å². The van der Waals surface area contributed by atoms with Gasteiger partial charge in [-0.05, 0) is 50.8 Å². The summed E-state index contributed by atoms with van der Waals surface area (Å²) in [5.74, 6) is -7.03. The summed E-state index contributed by atoms with van der Waals surface area (Å²) in [7, 11) is 0. The maximum absolute atomic E-state index is 13.4. The molecule has 5 rings (SSSR count). The molecule has 6 atom stereocenters. The Morgan fingerprint density at radius 2 is 1.53 bits per heavy atom. The van der Waals surface area contributed by atoms with Gasteiger partial charge in [-0.2, -0.15) is 0 Å². The quantitative estimate of drug-likeness (QED) is 0.498. The molecule has 192 valence electrons. The van der Waals surface area contributed by atoms with Crippen LogP contribution in [0.3, 0.4) is 0 Å². The van der Waals surface area contributed by atoms with Gasteiger partial charge in [-0.15, -0.1) is 13.2 Å². The van der Waals surface area contributed by atoms with Crippen LogP contribution in [-0.4, -0.2) is 58.0 Å². The zero-order valence-corrected chi connectivity index (χ0v) is 19.6. The number of allylic oxidation sites excluding steroid dienone is 2. The van der Waals surface area contributed by atoms with E-state index in [1.807, 2.05) is 0 Å². The lowest BCUT2D eigenvalue weighted by Gasteiger charge is -2.44. The molecule has 2 aliphatic carbocycles. The number of nitrogens with zero attached hydrogens (tertiary/aromatic N) is 2. The number of ether oxygens (including phenoxy) is 1. The lowest BCUT2D eigenvalue weighted by atomic mass is 9.57. The van der Waals surface area contributed by atoms with Crippen LogP contribution in [0.5, 0.6) is 11.5 Å². The normalized spacial score (nSPS) is 31.9. The van der Waals surface area contributed by atoms with Gasteiger partial charge in [0.15, 0.2) is 0 Å². The summed E-state index contributed by atoms with van der Waals surface area (Å²) in [5.41, 5.74) is 0.611. The number of fused-ring (bicyclic) bond motifs is 4. The van der Waals surface area contributed by atoms with Crippen LogP contribution in [0, 0.1) is 29.6 Å². The van der Waals surface area contributed by atoms with Crippen molar-refractivity contribution in [1.29, 1.82) is 0 Å². The van der Waals surface area contributed by atoms with E-state index in [9.17, 15) is 37.5 Å². The van der Waals surface area contributed by atoms with Crippen molar-refractivity contribution in [2.45, 2.75) is 39.0 Å². The third-order valence-electron chi connectivity index (χ3n) is 8.03. The maximum atomic E-state index is 13.4. The second-order valence-corrected chi connectivity index (χ2v) is 9.63. The van der Waals surface area contributed by atoms with E-state index in [4.69, 9.17) is 0 Å². The largest absolute Gasteiger partial charge is 0.573 e. The molecule has 1 aromatic rings. The van der Waals surface area contributed by atoms with Gasteiger partial charge in [-0.1, -0.05) is 11.6 Å². The molecule has 3 fully saturated rings. The van der Waals surface area contributed by atoms with E-state index < -0.39 is 59.4 Å². The van der Waals surface area contributed by atoms with Gasteiger partial charge in [-0.3, -0.25) is 29.0 Å². The van der Waals surface area contributed by atoms with E-state index in [2.05, 4.69) is 4.74 Å². The minimum Gasteiger partial charge on any atom is -0.508 e. The standard InChI is InChI=1S/C25H25F3N2O6/c1-3-29-21(32)13-7-6-12-14(19(13)23(29)34)10-16-20(24(35)30(4-2)22(16)33)18(12)15-9-11(5-8-17(15)31)36-25(26,27)28/h5-6,8-9,13-14,16,18-20,31H,3-4,7,10H2,1-2H3/t13-,14+,16+,18+,19-,20+/m0/s1. The summed E-state index contributed by atoms with van der Waals surface area (Å²) in [6.45, 7) is 3.68. The summed E-state index contributed by atoms with van der Waals surface area (Å²) in [4.78, 5) is 55.0. The zero-order chi connectivity index (χ0) is 26.1. The molecule has 36 heavy (non-hydrogen) atoms. The SMILES string of the molecule is CCN1C(=O)[C@H]2[C@H](CC=C3[C@H]2C[C@H]2C(=O)N(CC)C(=O)[C@H]2[C@H]3c2cc(OC(F)(F)F)ccc2O)C1=O. The Bertz CT molecular complexity index is 1190. The highest BCUT2D eigenvalue weighted by Gasteiger charge is 2.61. The third kappa shape index (κ3) is 3.50. The average molecular weight is 506 g/mol. The van der Waals surface area contributed by atoms with Gasteiger partial charge in [0.2, 0.25) is 23.6 Å². The fourth-order valence-corrected chi connectivity index (χ4v) is 6.67. The highest BCUT2D eigenvalue weighted by atomic mass is 19.4. The number of rotatable bonds is 4. The van der Waals surface area contributed by atoms with Crippen molar-refractivity contribution in [3.8, 4) is 11.5 Å². The number of hydrogen-bond donors (Lipinski definition) is 1. The molecule has 2 heterocycles. The summed E-state index contributed by atoms with van der Waals surface area (Å²) < 4.78 is 42.9. The predicted molar refractivity (Wildman–Crippen MR) is 117 cm³/mol. The van der Waals surface area contributed by atoms with E-state index in [0.717, 1.165) is 23.1 Å². The van der Waals surface area contributed by atoms with E-state index >= 15 is 0 Å². The van der Waals surface area contributed by atoms with Crippen LogP contribution in [0.2, 0.25) is 0 Å². The average Bonchev–Trinajstić information content (AvgIpc) is 3.21. The van der Waals surface area contributed by atoms with Crippen LogP contribution in [0.15, 0.2) is 29.8 Å². The third-order valence-corrected chi connectivity index (χ3v) is 8.03. The van der Waals surface area contributed by atoms with Crippen LogP contribution in [0.25, 0.3) is 0 Å². The molecule has 4 amide bonds. The van der Waals surface area contributed by atoms with Crippen molar-refractivity contribution in [2.24, 2.45) is 29.6 Å². The number of hydrogen-bond acceptors (Lipinski definition) is 6. The molecule has 0 bridgehead atoms. The second kappa shape index (κ2) is 8.35. The van der Waals surface area contributed by atoms with Crippen LogP contribution in [-0.2, 0) is 19.2 Å². The van der Waals surface area contributed by atoms with Gasteiger partial charge < -0.3 is 9.84 Å². The molecule has 1 saturated carbocycles. The summed E-state index contributed by atoms with van der Waals surface area (Å²) >= 11 is 0. The van der Waals surface area contributed by atoms with E-state index in [1.54, 1.807) is 19.9 Å². The Kier molecular flexibility index (Phi) is 5.64. The topological polar surface area (TPSA) is 104 Å². The summed E-state index contributed by atoms with van der Waals surface area (Å²) in [6, 6.07) is 3.06. The number of likely N-dealkylation sites (tertiary alicyclic amines) is 2. The van der Waals surface area contributed by atoms with Crippen molar-refractivity contribution < 1.29 is 42.2 Å². The fraction of sp³-hybridized carbons (Fsp3) is 0.520. The zero-order valence-electron chi connectivity index (χ0n) is 19.6. The van der Waals surface area contributed by atoms with E-state index in [1.165, 1.54) is 4.90 Å².